The zero-order valence-corrected chi connectivity index (χ0v) is 8.58. The second-order valence-corrected chi connectivity index (χ2v) is 3.64. The van der Waals surface area contributed by atoms with Crippen molar-refractivity contribution in [3.05, 3.63) is 0 Å². The maximum atomic E-state index is 9.46. The lowest BCUT2D eigenvalue weighted by atomic mass is 10.1. The summed E-state index contributed by atoms with van der Waals surface area (Å²) in [6.07, 6.45) is 2.82. The monoisotopic (exact) mass is 181 g/mol. The minimum absolute atomic E-state index is 0.139. The highest BCUT2D eigenvalue weighted by Crippen LogP contribution is 2.12. The molecule has 1 N–H and O–H groups in total. The fourth-order valence-electron chi connectivity index (χ4n) is 1.68. The van der Waals surface area contributed by atoms with Gasteiger partial charge in [-0.2, -0.15) is 0 Å². The largest absolute Gasteiger partial charge is 0.392 e. The molecular weight excluding hydrogens is 162 g/mol. The minimum Gasteiger partial charge on any atom is -0.392 e. The Hall–Kier alpha value is -0.520. The highest BCUT2D eigenvalue weighted by Gasteiger charge is 2.20. The Morgan fingerprint density at radius 1 is 1.62 bits per heavy atom. The van der Waals surface area contributed by atoms with Crippen molar-refractivity contribution in [3.8, 4) is 11.8 Å². The van der Waals surface area contributed by atoms with Crippen LogP contribution in [0.15, 0.2) is 0 Å². The van der Waals surface area contributed by atoms with E-state index < -0.39 is 0 Å². The van der Waals surface area contributed by atoms with Gasteiger partial charge in [0, 0.05) is 13.0 Å². The van der Waals surface area contributed by atoms with Gasteiger partial charge in [0.25, 0.3) is 0 Å². The van der Waals surface area contributed by atoms with Gasteiger partial charge in [-0.1, -0.05) is 12.8 Å². The van der Waals surface area contributed by atoms with Crippen LogP contribution in [0.4, 0.5) is 0 Å². The highest BCUT2D eigenvalue weighted by molar-refractivity contribution is 5.06. The van der Waals surface area contributed by atoms with Crippen molar-refractivity contribution in [3.63, 3.8) is 0 Å². The molecule has 2 nitrogen and oxygen atoms in total. The highest BCUT2D eigenvalue weighted by atomic mass is 16.3. The Bertz CT molecular complexity index is 204. The van der Waals surface area contributed by atoms with E-state index in [9.17, 15) is 5.11 Å². The molecule has 0 spiro atoms. The summed E-state index contributed by atoms with van der Waals surface area (Å²) >= 11 is 0. The van der Waals surface area contributed by atoms with E-state index in [0.717, 1.165) is 32.4 Å². The summed E-state index contributed by atoms with van der Waals surface area (Å²) in [5.41, 5.74) is 0. The summed E-state index contributed by atoms with van der Waals surface area (Å²) in [7, 11) is 0. The first-order valence-corrected chi connectivity index (χ1v) is 5.14. The van der Waals surface area contributed by atoms with E-state index in [1.54, 1.807) is 0 Å². The zero-order chi connectivity index (χ0) is 9.68. The van der Waals surface area contributed by atoms with Gasteiger partial charge in [0.2, 0.25) is 0 Å². The van der Waals surface area contributed by atoms with E-state index >= 15 is 0 Å². The fourth-order valence-corrected chi connectivity index (χ4v) is 1.68. The van der Waals surface area contributed by atoms with Crippen LogP contribution in [0.25, 0.3) is 0 Å². The van der Waals surface area contributed by atoms with Crippen molar-refractivity contribution in [2.45, 2.75) is 45.3 Å². The van der Waals surface area contributed by atoms with Crippen molar-refractivity contribution < 1.29 is 5.11 Å². The summed E-state index contributed by atoms with van der Waals surface area (Å²) < 4.78 is 0. The van der Waals surface area contributed by atoms with Crippen LogP contribution in [-0.4, -0.2) is 35.2 Å². The summed E-state index contributed by atoms with van der Waals surface area (Å²) in [5.74, 6) is 6.27. The average molecular weight is 181 g/mol. The summed E-state index contributed by atoms with van der Waals surface area (Å²) in [4.78, 5) is 2.26. The van der Waals surface area contributed by atoms with Gasteiger partial charge in [-0.05, 0) is 26.3 Å². The summed E-state index contributed by atoms with van der Waals surface area (Å²) in [5, 5.41) is 9.46. The molecular formula is C11H19NO. The third-order valence-electron chi connectivity index (χ3n) is 2.46. The second-order valence-electron chi connectivity index (χ2n) is 3.64. The van der Waals surface area contributed by atoms with Crippen LogP contribution in [0.1, 0.15) is 33.1 Å². The molecule has 74 valence electrons. The minimum atomic E-state index is -0.139. The molecule has 1 heterocycles. The average Bonchev–Trinajstić information content (AvgIpc) is 2.14. The molecule has 1 aliphatic heterocycles. The van der Waals surface area contributed by atoms with Gasteiger partial charge < -0.3 is 5.11 Å². The summed E-state index contributed by atoms with van der Waals surface area (Å²) in [6.45, 7) is 6.04. The van der Waals surface area contributed by atoms with E-state index in [2.05, 4.69) is 30.6 Å². The predicted octanol–water partition coefficient (Wildman–Crippen LogP) is 1.25. The molecule has 1 fully saturated rings. The van der Waals surface area contributed by atoms with E-state index in [0.29, 0.717) is 6.04 Å². The molecule has 2 heteroatoms. The fraction of sp³-hybridized carbons (Fsp3) is 0.818. The Morgan fingerprint density at radius 3 is 3.00 bits per heavy atom. The SMILES string of the molecule is CCC#CC(C)N1CCC[C@H](O)C1. The van der Waals surface area contributed by atoms with E-state index in [1.165, 1.54) is 0 Å². The van der Waals surface area contributed by atoms with Crippen LogP contribution in [0.2, 0.25) is 0 Å². The standard InChI is InChI=1S/C11H19NO/c1-3-4-6-10(2)12-8-5-7-11(13)9-12/h10-11,13H,3,5,7-9H2,1-2H3/t10?,11-/m0/s1. The lowest BCUT2D eigenvalue weighted by molar-refractivity contribution is 0.0622. The zero-order valence-electron chi connectivity index (χ0n) is 8.58. The normalized spacial score (nSPS) is 26.2. The Morgan fingerprint density at radius 2 is 2.38 bits per heavy atom. The molecule has 0 aliphatic carbocycles. The molecule has 0 radical (unpaired) electrons. The molecule has 13 heavy (non-hydrogen) atoms. The maximum Gasteiger partial charge on any atom is 0.0686 e. The van der Waals surface area contributed by atoms with Crippen LogP contribution in [0.5, 0.6) is 0 Å². The van der Waals surface area contributed by atoms with Crippen molar-refractivity contribution in [2.75, 3.05) is 13.1 Å². The second kappa shape index (κ2) is 5.26. The number of piperidine rings is 1. The Kier molecular flexibility index (Phi) is 4.27. The molecule has 0 aromatic heterocycles. The number of hydrogen-bond acceptors (Lipinski definition) is 2. The van der Waals surface area contributed by atoms with E-state index in [1.807, 2.05) is 0 Å². The number of hydrogen-bond donors (Lipinski definition) is 1. The number of β-amino-alcohol motifs (C(OH)–C–C–N with tert-alkyl or cyclic N) is 1. The molecule has 2 atom stereocenters. The molecule has 1 unspecified atom stereocenters. The van der Waals surface area contributed by atoms with Crippen molar-refractivity contribution in [1.29, 1.82) is 0 Å². The quantitative estimate of drug-likeness (QED) is 0.615. The first kappa shape index (κ1) is 10.6. The molecule has 1 aliphatic rings. The van der Waals surface area contributed by atoms with Gasteiger partial charge in [-0.3, -0.25) is 4.90 Å². The third kappa shape index (κ3) is 3.38. The third-order valence-corrected chi connectivity index (χ3v) is 2.46. The molecule has 0 saturated carbocycles. The van der Waals surface area contributed by atoms with Gasteiger partial charge in [-0.25, -0.2) is 0 Å². The lowest BCUT2D eigenvalue weighted by Crippen LogP contribution is -2.42. The van der Waals surface area contributed by atoms with Crippen LogP contribution < -0.4 is 0 Å². The van der Waals surface area contributed by atoms with Crippen molar-refractivity contribution in [1.82, 2.24) is 4.90 Å². The van der Waals surface area contributed by atoms with Gasteiger partial charge in [0.15, 0.2) is 0 Å². The number of aliphatic hydroxyl groups excluding tert-OH is 1. The van der Waals surface area contributed by atoms with Crippen molar-refractivity contribution in [2.24, 2.45) is 0 Å². The first-order chi connectivity index (χ1) is 6.24. The van der Waals surface area contributed by atoms with Crippen LogP contribution in [0.3, 0.4) is 0 Å². The first-order valence-electron chi connectivity index (χ1n) is 5.14. The van der Waals surface area contributed by atoms with Gasteiger partial charge in [-0.15, -0.1) is 5.92 Å². The maximum absolute atomic E-state index is 9.46. The molecule has 0 aromatic carbocycles. The number of aliphatic hydroxyl groups is 1. The number of rotatable bonds is 1. The number of nitrogens with zero attached hydrogens (tertiary/aromatic N) is 1. The van der Waals surface area contributed by atoms with Crippen LogP contribution in [-0.2, 0) is 0 Å². The number of likely N-dealkylation sites (tertiary alicyclic amines) is 1. The predicted molar refractivity (Wildman–Crippen MR) is 54.3 cm³/mol. The Labute approximate surface area is 80.9 Å². The van der Waals surface area contributed by atoms with Crippen molar-refractivity contribution >= 4 is 0 Å². The van der Waals surface area contributed by atoms with Crippen LogP contribution >= 0.6 is 0 Å². The topological polar surface area (TPSA) is 23.5 Å². The molecule has 1 rings (SSSR count). The van der Waals surface area contributed by atoms with Gasteiger partial charge in [0.1, 0.15) is 0 Å². The van der Waals surface area contributed by atoms with Gasteiger partial charge in [0.05, 0.1) is 12.1 Å². The van der Waals surface area contributed by atoms with Gasteiger partial charge >= 0.3 is 0 Å². The Balaban J connectivity index is 2.41. The lowest BCUT2D eigenvalue weighted by Gasteiger charge is -2.32. The summed E-state index contributed by atoms with van der Waals surface area (Å²) in [6, 6.07) is 0.301. The molecule has 0 aromatic rings. The molecule has 0 bridgehead atoms. The van der Waals surface area contributed by atoms with E-state index in [-0.39, 0.29) is 6.10 Å². The smallest absolute Gasteiger partial charge is 0.0686 e. The molecule has 0 amide bonds. The van der Waals surface area contributed by atoms with Crippen LogP contribution in [0, 0.1) is 11.8 Å². The van der Waals surface area contributed by atoms with E-state index in [4.69, 9.17) is 0 Å². The molecule has 1 saturated heterocycles.